The van der Waals surface area contributed by atoms with Crippen LogP contribution in [0, 0.1) is 17.3 Å². The van der Waals surface area contributed by atoms with Crippen molar-refractivity contribution in [2.45, 2.75) is 91.4 Å². The molecular weight excluding hydrogens is 785 g/mol. The molecular formula is C49H60N6O7. The highest BCUT2D eigenvalue weighted by molar-refractivity contribution is 5.96. The van der Waals surface area contributed by atoms with Crippen LogP contribution in [0.25, 0.3) is 33.3 Å². The number of phenolic OH excluding ortho intramolecular Hbond substituents is 1. The number of benzene rings is 3. The summed E-state index contributed by atoms with van der Waals surface area (Å²) in [6, 6.07) is 19.0. The lowest BCUT2D eigenvalue weighted by Crippen LogP contribution is -2.62. The quantitative estimate of drug-likeness (QED) is 0.147. The van der Waals surface area contributed by atoms with Gasteiger partial charge in [0.05, 0.1) is 18.2 Å². The van der Waals surface area contributed by atoms with Crippen molar-refractivity contribution in [1.29, 1.82) is 0 Å². The molecule has 2 fully saturated rings. The molecule has 4 heterocycles. The Hall–Kier alpha value is -5.95. The van der Waals surface area contributed by atoms with Crippen LogP contribution in [0.3, 0.4) is 0 Å². The van der Waals surface area contributed by atoms with Gasteiger partial charge in [-0.2, -0.15) is 0 Å². The number of nitrogens with one attached hydrogen (secondary N) is 2. The smallest absolute Gasteiger partial charge is 0.324 e. The molecule has 4 atom stereocenters. The molecule has 4 aromatic rings. The Balaban J connectivity index is 1.28. The molecule has 13 nitrogen and oxygen atoms in total. The van der Waals surface area contributed by atoms with Gasteiger partial charge >= 0.3 is 5.97 Å². The Labute approximate surface area is 364 Å². The summed E-state index contributed by atoms with van der Waals surface area (Å²) in [5, 5.41) is 16.7. The lowest BCUT2D eigenvalue weighted by Gasteiger charge is -2.37. The molecule has 4 amide bonds. The maximum absolute atomic E-state index is 14.6. The number of hydrazine groups is 1. The zero-order valence-corrected chi connectivity index (χ0v) is 36.8. The van der Waals surface area contributed by atoms with Gasteiger partial charge in [-0.3, -0.25) is 29.0 Å². The molecule has 3 aliphatic rings. The van der Waals surface area contributed by atoms with Crippen molar-refractivity contribution < 1.29 is 33.8 Å². The molecule has 0 radical (unpaired) electrons. The van der Waals surface area contributed by atoms with Gasteiger partial charge in [0.1, 0.15) is 23.9 Å². The van der Waals surface area contributed by atoms with E-state index in [1.807, 2.05) is 44.2 Å². The van der Waals surface area contributed by atoms with Crippen LogP contribution < -0.4 is 10.7 Å². The number of cyclic esters (lactones) is 1. The minimum atomic E-state index is -1.14. The third kappa shape index (κ3) is 9.13. The highest BCUT2D eigenvalue weighted by atomic mass is 16.5. The maximum Gasteiger partial charge on any atom is 0.324 e. The largest absolute Gasteiger partial charge is 0.508 e. The predicted molar refractivity (Wildman–Crippen MR) is 238 cm³/mol. The summed E-state index contributed by atoms with van der Waals surface area (Å²) in [4.78, 5) is 72.0. The lowest BCUT2D eigenvalue weighted by molar-refractivity contribution is -0.155. The third-order valence-corrected chi connectivity index (χ3v) is 12.6. The second-order valence-electron chi connectivity index (χ2n) is 18.2. The molecule has 2 saturated heterocycles. The van der Waals surface area contributed by atoms with Crippen LogP contribution in [0.5, 0.6) is 5.75 Å². The van der Waals surface area contributed by atoms with E-state index in [-0.39, 0.29) is 43.1 Å². The standard InChI is InChI=1S/C49H60N6O7/c1-8-42(57)53-21-19-34(28-53)46(59)52(7)43(30(3)4)45(58)50-40-24-31-22-35(25-36(56)23-31)33-17-18-41-37(26-33)38(44(54(41)9-2)32-14-11-10-12-15-32)27-49(5,6)29-62-48(61)39-16-13-20-55(51-39)47(40)60/h8,10-12,14-15,17-18,22-23,25-26,30,34,39-40,43,51,56H,1,9,13,16,19-21,24,27-29H2,2-7H3,(H,50,58)/t34-,39-,40-,43?/m0/s1. The maximum atomic E-state index is 14.6. The van der Waals surface area contributed by atoms with E-state index in [1.165, 1.54) is 16.0 Å². The number of fused-ring (bicyclic) bond motifs is 6. The number of esters is 1. The van der Waals surface area contributed by atoms with Gasteiger partial charge in [0.25, 0.3) is 5.91 Å². The monoisotopic (exact) mass is 844 g/mol. The van der Waals surface area contributed by atoms with Gasteiger partial charge in [-0.25, -0.2) is 5.43 Å². The number of aromatic nitrogens is 1. The molecule has 3 aliphatic heterocycles. The zero-order chi connectivity index (χ0) is 44.5. The van der Waals surface area contributed by atoms with Crippen LogP contribution >= 0.6 is 0 Å². The first-order chi connectivity index (χ1) is 29.6. The van der Waals surface area contributed by atoms with Crippen molar-refractivity contribution in [1.82, 2.24) is 30.1 Å². The van der Waals surface area contributed by atoms with Crippen LogP contribution in [0.2, 0.25) is 0 Å². The molecule has 1 aromatic heterocycles. The van der Waals surface area contributed by atoms with Crippen LogP contribution in [-0.2, 0) is 48.1 Å². The summed E-state index contributed by atoms with van der Waals surface area (Å²) in [6.07, 6.45) is 3.29. The summed E-state index contributed by atoms with van der Waals surface area (Å²) in [5.41, 5.74) is 9.23. The number of nitrogens with zero attached hydrogens (tertiary/aromatic N) is 4. The van der Waals surface area contributed by atoms with Gasteiger partial charge in [0, 0.05) is 56.0 Å². The predicted octanol–water partition coefficient (Wildman–Crippen LogP) is 5.87. The van der Waals surface area contributed by atoms with E-state index in [0.29, 0.717) is 44.3 Å². The van der Waals surface area contributed by atoms with Gasteiger partial charge in [-0.05, 0) is 96.7 Å². The van der Waals surface area contributed by atoms with Gasteiger partial charge in [0.2, 0.25) is 17.7 Å². The molecule has 62 heavy (non-hydrogen) atoms. The number of hydrogen-bond acceptors (Lipinski definition) is 8. The molecule has 7 rings (SSSR count). The molecule has 0 saturated carbocycles. The summed E-state index contributed by atoms with van der Waals surface area (Å²) in [7, 11) is 1.58. The Kier molecular flexibility index (Phi) is 12.9. The van der Waals surface area contributed by atoms with Crippen LogP contribution in [0.15, 0.2) is 79.4 Å². The fourth-order valence-corrected chi connectivity index (χ4v) is 9.53. The first-order valence-electron chi connectivity index (χ1n) is 21.9. The first kappa shape index (κ1) is 44.1. The zero-order valence-electron chi connectivity index (χ0n) is 36.8. The number of likely N-dealkylation sites (N-methyl/N-ethyl adjacent to an activating group) is 1. The lowest BCUT2D eigenvalue weighted by atomic mass is 9.84. The average Bonchev–Trinajstić information content (AvgIpc) is 3.87. The average molecular weight is 845 g/mol. The number of carbonyl (C=O) groups excluding carboxylic acids is 5. The van der Waals surface area contributed by atoms with E-state index in [1.54, 1.807) is 24.1 Å². The summed E-state index contributed by atoms with van der Waals surface area (Å²) < 4.78 is 8.38. The molecule has 13 heteroatoms. The summed E-state index contributed by atoms with van der Waals surface area (Å²) >= 11 is 0. The van der Waals surface area contributed by atoms with Crippen molar-refractivity contribution in [2.75, 3.05) is 33.3 Å². The van der Waals surface area contributed by atoms with Crippen LogP contribution in [0.1, 0.15) is 65.0 Å². The SMILES string of the molecule is C=CC(=O)N1CC[C@H](C(=O)N(C)C(C(=O)N[C@H]2Cc3cc(O)cc(c3)-c3ccc4c(c3)c(c(-c3ccccc3)n4CC)CC(C)(C)COC(=O)[C@@H]3CCCN(N3)C2=O)C(C)C)C1. The third-order valence-electron chi connectivity index (χ3n) is 12.6. The fourth-order valence-electron chi connectivity index (χ4n) is 9.53. The second kappa shape index (κ2) is 18.2. The Morgan fingerprint density at radius 2 is 1.77 bits per heavy atom. The van der Waals surface area contributed by atoms with E-state index in [9.17, 15) is 29.1 Å². The van der Waals surface area contributed by atoms with E-state index in [4.69, 9.17) is 4.74 Å². The first-order valence-corrected chi connectivity index (χ1v) is 21.9. The van der Waals surface area contributed by atoms with Gasteiger partial charge in [-0.15, -0.1) is 0 Å². The Bertz CT molecular complexity index is 2370. The number of rotatable bonds is 8. The number of amides is 4. The van der Waals surface area contributed by atoms with Crippen molar-refractivity contribution in [3.63, 3.8) is 0 Å². The minimum absolute atomic E-state index is 0.00632. The minimum Gasteiger partial charge on any atom is -0.508 e. The number of ether oxygens (including phenoxy) is 1. The molecule has 6 bridgehead atoms. The van der Waals surface area contributed by atoms with Gasteiger partial charge < -0.3 is 29.5 Å². The van der Waals surface area contributed by atoms with E-state index >= 15 is 0 Å². The van der Waals surface area contributed by atoms with E-state index in [2.05, 4.69) is 66.9 Å². The van der Waals surface area contributed by atoms with Crippen molar-refractivity contribution in [3.05, 3.63) is 90.5 Å². The molecule has 0 aliphatic carbocycles. The molecule has 1 unspecified atom stereocenters. The number of carbonyl (C=O) groups is 5. The number of aryl methyl sites for hydroxylation is 1. The molecule has 0 spiro atoms. The topological polar surface area (TPSA) is 154 Å². The van der Waals surface area contributed by atoms with E-state index < -0.39 is 47.2 Å². The Morgan fingerprint density at radius 3 is 2.48 bits per heavy atom. The summed E-state index contributed by atoms with van der Waals surface area (Å²) in [6.45, 7) is 15.4. The van der Waals surface area contributed by atoms with Crippen LogP contribution in [0.4, 0.5) is 0 Å². The van der Waals surface area contributed by atoms with Crippen molar-refractivity contribution in [2.24, 2.45) is 17.3 Å². The van der Waals surface area contributed by atoms with Crippen LogP contribution in [-0.4, -0.2) is 105 Å². The number of hydrogen-bond donors (Lipinski definition) is 3. The second-order valence-corrected chi connectivity index (χ2v) is 18.2. The molecule has 328 valence electrons. The highest BCUT2D eigenvalue weighted by Crippen LogP contribution is 2.40. The number of aromatic hydroxyl groups is 1. The Morgan fingerprint density at radius 1 is 1.02 bits per heavy atom. The normalized spacial score (nSPS) is 21.0. The van der Waals surface area contributed by atoms with Crippen molar-refractivity contribution >= 4 is 40.5 Å². The van der Waals surface area contributed by atoms with Gasteiger partial charge in [-0.1, -0.05) is 76.7 Å². The number of likely N-dealkylation sites (tertiary alicyclic amines) is 1. The summed E-state index contributed by atoms with van der Waals surface area (Å²) in [5.74, 6) is -2.77. The fraction of sp³-hybridized carbons (Fsp3) is 0.449. The van der Waals surface area contributed by atoms with Gasteiger partial charge in [0.15, 0.2) is 0 Å². The van der Waals surface area contributed by atoms with Crippen molar-refractivity contribution in [3.8, 4) is 28.1 Å². The van der Waals surface area contributed by atoms with E-state index in [0.717, 1.165) is 45.4 Å². The molecule has 3 aromatic carbocycles. The highest BCUT2D eigenvalue weighted by Gasteiger charge is 2.40. The number of phenols is 1. The molecule has 3 N–H and O–H groups in total.